The van der Waals surface area contributed by atoms with Gasteiger partial charge < -0.3 is 14.6 Å². The lowest BCUT2D eigenvalue weighted by Gasteiger charge is -2.25. The summed E-state index contributed by atoms with van der Waals surface area (Å²) in [7, 11) is 0. The highest BCUT2D eigenvalue weighted by molar-refractivity contribution is 5.80. The summed E-state index contributed by atoms with van der Waals surface area (Å²) in [6.07, 6.45) is 5.77. The third-order valence-corrected chi connectivity index (χ3v) is 5.11. The Bertz CT molecular complexity index is 583. The van der Waals surface area contributed by atoms with Gasteiger partial charge >= 0.3 is 0 Å². The van der Waals surface area contributed by atoms with E-state index in [1.807, 2.05) is 6.20 Å². The minimum atomic E-state index is -0.0165. The maximum Gasteiger partial charge on any atom is 0.216 e. The Morgan fingerprint density at radius 3 is 2.72 bits per heavy atom. The number of aromatic nitrogens is 1. The number of rotatable bonds is 4. The molecule has 0 aromatic carbocycles. The van der Waals surface area contributed by atoms with Crippen LogP contribution in [0.2, 0.25) is 0 Å². The fourth-order valence-electron chi connectivity index (χ4n) is 3.64. The van der Waals surface area contributed by atoms with E-state index in [1.54, 1.807) is 0 Å². The van der Waals surface area contributed by atoms with Crippen molar-refractivity contribution in [1.29, 1.82) is 0 Å². The van der Waals surface area contributed by atoms with Crippen molar-refractivity contribution in [3.8, 4) is 0 Å². The van der Waals surface area contributed by atoms with Gasteiger partial charge in [0.25, 0.3) is 0 Å². The quantitative estimate of drug-likeness (QED) is 0.670. The Hall–Kier alpha value is -1.56. The van der Waals surface area contributed by atoms with Crippen molar-refractivity contribution in [1.82, 2.24) is 20.1 Å². The molecule has 3 heterocycles. The van der Waals surface area contributed by atoms with Crippen molar-refractivity contribution in [2.75, 3.05) is 32.7 Å². The van der Waals surface area contributed by atoms with Gasteiger partial charge in [-0.05, 0) is 39.3 Å². The first-order valence-electron chi connectivity index (χ1n) is 9.70. The smallest absolute Gasteiger partial charge is 0.216 e. The van der Waals surface area contributed by atoms with Gasteiger partial charge in [0.15, 0.2) is 5.96 Å². The lowest BCUT2D eigenvalue weighted by molar-refractivity contribution is 0.249. The van der Waals surface area contributed by atoms with Crippen molar-refractivity contribution < 1.29 is 4.42 Å². The van der Waals surface area contributed by atoms with E-state index in [0.717, 1.165) is 31.4 Å². The fraction of sp³-hybridized carbons (Fsp3) is 0.789. The minimum Gasteiger partial charge on any atom is -0.443 e. The Morgan fingerprint density at radius 1 is 1.32 bits per heavy atom. The summed E-state index contributed by atoms with van der Waals surface area (Å²) in [6, 6.07) is 0.681. The lowest BCUT2D eigenvalue weighted by atomic mass is 9.94. The van der Waals surface area contributed by atoms with Crippen LogP contribution in [0.15, 0.2) is 15.6 Å². The molecule has 6 heteroatoms. The van der Waals surface area contributed by atoms with Gasteiger partial charge in [-0.1, -0.05) is 20.8 Å². The average Bonchev–Trinajstić information content (AvgIpc) is 3.31. The van der Waals surface area contributed by atoms with Gasteiger partial charge in [-0.3, -0.25) is 4.90 Å². The van der Waals surface area contributed by atoms with Crippen LogP contribution in [0.1, 0.15) is 58.6 Å². The van der Waals surface area contributed by atoms with Gasteiger partial charge in [0, 0.05) is 31.1 Å². The molecule has 0 saturated carbocycles. The molecule has 1 N–H and O–H groups in total. The molecule has 1 aromatic heterocycles. The first-order valence-corrected chi connectivity index (χ1v) is 9.70. The predicted molar refractivity (Wildman–Crippen MR) is 101 cm³/mol. The van der Waals surface area contributed by atoms with E-state index in [0.29, 0.717) is 18.5 Å². The monoisotopic (exact) mass is 347 g/mol. The summed E-state index contributed by atoms with van der Waals surface area (Å²) in [6.45, 7) is 14.6. The topological polar surface area (TPSA) is 56.9 Å². The van der Waals surface area contributed by atoms with Gasteiger partial charge in [0.1, 0.15) is 12.3 Å². The molecule has 0 spiro atoms. The second kappa shape index (κ2) is 7.77. The van der Waals surface area contributed by atoms with Crippen LogP contribution in [0.25, 0.3) is 0 Å². The van der Waals surface area contributed by atoms with Crippen LogP contribution in [0, 0.1) is 0 Å². The molecule has 3 rings (SSSR count). The summed E-state index contributed by atoms with van der Waals surface area (Å²) in [5, 5.41) is 3.43. The molecular formula is C19H33N5O. The van der Waals surface area contributed by atoms with Crippen molar-refractivity contribution in [2.45, 2.75) is 65.0 Å². The maximum atomic E-state index is 5.87. The Kier molecular flexibility index (Phi) is 5.67. The summed E-state index contributed by atoms with van der Waals surface area (Å²) in [4.78, 5) is 14.2. The van der Waals surface area contributed by atoms with E-state index < -0.39 is 0 Å². The van der Waals surface area contributed by atoms with Crippen LogP contribution < -0.4 is 5.32 Å². The number of hydrogen-bond acceptors (Lipinski definition) is 4. The highest BCUT2D eigenvalue weighted by Crippen LogP contribution is 2.23. The van der Waals surface area contributed by atoms with Crippen molar-refractivity contribution in [2.24, 2.45) is 4.99 Å². The molecule has 1 unspecified atom stereocenters. The second-order valence-corrected chi connectivity index (χ2v) is 8.17. The largest absolute Gasteiger partial charge is 0.443 e. The highest BCUT2D eigenvalue weighted by Gasteiger charge is 2.30. The average molecular weight is 348 g/mol. The molecule has 0 bridgehead atoms. The molecular weight excluding hydrogens is 314 g/mol. The number of nitrogens with zero attached hydrogens (tertiary/aromatic N) is 4. The molecule has 140 valence electrons. The van der Waals surface area contributed by atoms with Gasteiger partial charge in [-0.25, -0.2) is 9.98 Å². The molecule has 6 nitrogen and oxygen atoms in total. The number of nitrogens with one attached hydrogen (secondary N) is 1. The number of likely N-dealkylation sites (tertiary alicyclic amines) is 2. The van der Waals surface area contributed by atoms with Crippen LogP contribution in [-0.2, 0) is 12.0 Å². The number of oxazole rings is 1. The zero-order chi connectivity index (χ0) is 17.9. The van der Waals surface area contributed by atoms with E-state index in [2.05, 4.69) is 47.8 Å². The van der Waals surface area contributed by atoms with Gasteiger partial charge in [-0.2, -0.15) is 0 Å². The summed E-state index contributed by atoms with van der Waals surface area (Å²) in [5.74, 6) is 2.59. The first kappa shape index (κ1) is 18.2. The van der Waals surface area contributed by atoms with Crippen LogP contribution in [-0.4, -0.2) is 59.5 Å². The summed E-state index contributed by atoms with van der Waals surface area (Å²) in [5.41, 5.74) is -0.0165. The first-order chi connectivity index (χ1) is 12.0. The molecule has 0 amide bonds. The fourth-order valence-corrected chi connectivity index (χ4v) is 3.64. The molecule has 25 heavy (non-hydrogen) atoms. The van der Waals surface area contributed by atoms with Crippen LogP contribution >= 0.6 is 0 Å². The summed E-state index contributed by atoms with van der Waals surface area (Å²) >= 11 is 0. The van der Waals surface area contributed by atoms with Crippen molar-refractivity contribution in [3.05, 3.63) is 17.8 Å². The van der Waals surface area contributed by atoms with Gasteiger partial charge in [0.2, 0.25) is 5.89 Å². The van der Waals surface area contributed by atoms with E-state index >= 15 is 0 Å². The second-order valence-electron chi connectivity index (χ2n) is 8.17. The SMILES string of the molecule is CCNC(=NCc1ncc(C(C)(C)C)o1)N1CCC(N2CCCC2)C1. The Labute approximate surface area is 151 Å². The minimum absolute atomic E-state index is 0.0165. The van der Waals surface area contributed by atoms with Gasteiger partial charge in [0.05, 0.1) is 6.20 Å². The molecule has 1 atom stereocenters. The number of hydrogen-bond donors (Lipinski definition) is 1. The van der Waals surface area contributed by atoms with Crippen molar-refractivity contribution >= 4 is 5.96 Å². The highest BCUT2D eigenvalue weighted by atomic mass is 16.4. The van der Waals surface area contributed by atoms with Crippen LogP contribution in [0.5, 0.6) is 0 Å². The molecule has 2 saturated heterocycles. The van der Waals surface area contributed by atoms with Crippen molar-refractivity contribution in [3.63, 3.8) is 0 Å². The third kappa shape index (κ3) is 4.54. The van der Waals surface area contributed by atoms with Gasteiger partial charge in [-0.15, -0.1) is 0 Å². The van der Waals surface area contributed by atoms with E-state index in [9.17, 15) is 0 Å². The molecule has 2 aliphatic heterocycles. The maximum absolute atomic E-state index is 5.87. The van der Waals surface area contributed by atoms with E-state index in [-0.39, 0.29) is 5.41 Å². The number of aliphatic imine (C=N–C) groups is 1. The lowest BCUT2D eigenvalue weighted by Crippen LogP contribution is -2.42. The third-order valence-electron chi connectivity index (χ3n) is 5.11. The Morgan fingerprint density at radius 2 is 2.08 bits per heavy atom. The summed E-state index contributed by atoms with van der Waals surface area (Å²) < 4.78 is 5.87. The zero-order valence-corrected chi connectivity index (χ0v) is 16.2. The molecule has 2 aliphatic rings. The normalized spacial score (nSPS) is 22.8. The molecule has 0 radical (unpaired) electrons. The van der Waals surface area contributed by atoms with Crippen LogP contribution in [0.4, 0.5) is 0 Å². The Balaban J connectivity index is 1.62. The van der Waals surface area contributed by atoms with E-state index in [1.165, 1.54) is 32.4 Å². The molecule has 2 fully saturated rings. The van der Waals surface area contributed by atoms with Crippen LogP contribution in [0.3, 0.4) is 0 Å². The molecule has 1 aromatic rings. The molecule has 0 aliphatic carbocycles. The number of guanidine groups is 1. The zero-order valence-electron chi connectivity index (χ0n) is 16.2. The predicted octanol–water partition coefficient (Wildman–Crippen LogP) is 2.61. The van der Waals surface area contributed by atoms with E-state index in [4.69, 9.17) is 9.41 Å². The standard InChI is InChI=1S/C19H33N5O/c1-5-20-18(22-13-17-21-12-16(25-17)19(2,3)4)24-11-8-15(14-24)23-9-6-7-10-23/h12,15H,5-11,13-14H2,1-4H3,(H,20,22).